The molecule has 0 fully saturated rings. The molecule has 0 atom stereocenters. The summed E-state index contributed by atoms with van der Waals surface area (Å²) in [7, 11) is 0. The van der Waals surface area contributed by atoms with Gasteiger partial charge >= 0.3 is 0 Å². The lowest BCUT2D eigenvalue weighted by molar-refractivity contribution is -0.118. The van der Waals surface area contributed by atoms with Gasteiger partial charge in [0, 0.05) is 12.8 Å². The van der Waals surface area contributed by atoms with Crippen molar-refractivity contribution in [2.24, 2.45) is 0 Å². The predicted octanol–water partition coefficient (Wildman–Crippen LogP) is 8.01. The molecule has 0 radical (unpaired) electrons. The SMILES string of the molecule is CCCCCCCCCCCCCCCCCCCC(=O)CC. The minimum Gasteiger partial charge on any atom is -0.300 e. The van der Waals surface area contributed by atoms with Crippen LogP contribution in [-0.4, -0.2) is 5.78 Å². The topological polar surface area (TPSA) is 17.1 Å². The van der Waals surface area contributed by atoms with Crippen LogP contribution < -0.4 is 0 Å². The summed E-state index contributed by atoms with van der Waals surface area (Å²) in [5.74, 6) is 0.436. The number of hydrogen-bond donors (Lipinski definition) is 0. The lowest BCUT2D eigenvalue weighted by atomic mass is 10.0. The Balaban J connectivity index is 2.99. The Morgan fingerprint density at radius 2 is 0.783 bits per heavy atom. The van der Waals surface area contributed by atoms with Crippen LogP contribution in [0.25, 0.3) is 0 Å². The molecule has 1 nitrogen and oxygen atoms in total. The first-order valence-electron chi connectivity index (χ1n) is 10.8. The van der Waals surface area contributed by atoms with Gasteiger partial charge in [-0.25, -0.2) is 0 Å². The van der Waals surface area contributed by atoms with E-state index in [2.05, 4.69) is 6.92 Å². The third-order valence-corrected chi connectivity index (χ3v) is 4.95. The van der Waals surface area contributed by atoms with Gasteiger partial charge in [-0.3, -0.25) is 4.79 Å². The average Bonchev–Trinajstić information content (AvgIpc) is 2.57. The Kier molecular flexibility index (Phi) is 19.4. The second-order valence-corrected chi connectivity index (χ2v) is 7.30. The first-order chi connectivity index (χ1) is 11.3. The molecule has 0 aromatic rings. The zero-order chi connectivity index (χ0) is 17.0. The van der Waals surface area contributed by atoms with E-state index in [1.54, 1.807) is 0 Å². The molecule has 138 valence electrons. The van der Waals surface area contributed by atoms with Crippen molar-refractivity contribution < 1.29 is 4.79 Å². The Hall–Kier alpha value is -0.330. The van der Waals surface area contributed by atoms with Crippen LogP contribution >= 0.6 is 0 Å². The quantitative estimate of drug-likeness (QED) is 0.220. The first kappa shape index (κ1) is 22.7. The molecule has 0 bridgehead atoms. The van der Waals surface area contributed by atoms with E-state index in [0.717, 1.165) is 19.3 Å². The van der Waals surface area contributed by atoms with Crippen molar-refractivity contribution in [1.82, 2.24) is 0 Å². The molecule has 0 aliphatic carbocycles. The number of unbranched alkanes of at least 4 members (excludes halogenated alkanes) is 16. The van der Waals surface area contributed by atoms with Crippen LogP contribution in [0.3, 0.4) is 0 Å². The molecule has 0 saturated heterocycles. The van der Waals surface area contributed by atoms with Gasteiger partial charge in [0.2, 0.25) is 0 Å². The lowest BCUT2D eigenvalue weighted by Crippen LogP contribution is -1.94. The van der Waals surface area contributed by atoms with E-state index in [0.29, 0.717) is 5.78 Å². The number of Topliss-reactive ketones (excluding diaryl/α,β-unsaturated/α-hetero) is 1. The van der Waals surface area contributed by atoms with Crippen molar-refractivity contribution in [2.75, 3.05) is 0 Å². The van der Waals surface area contributed by atoms with Gasteiger partial charge in [-0.1, -0.05) is 117 Å². The van der Waals surface area contributed by atoms with Crippen molar-refractivity contribution >= 4 is 5.78 Å². The first-order valence-corrected chi connectivity index (χ1v) is 10.8. The van der Waals surface area contributed by atoms with Gasteiger partial charge in [-0.05, 0) is 6.42 Å². The van der Waals surface area contributed by atoms with Crippen molar-refractivity contribution in [3.05, 3.63) is 0 Å². The summed E-state index contributed by atoms with van der Waals surface area (Å²) in [6.07, 6.45) is 25.3. The third kappa shape index (κ3) is 19.6. The number of ketones is 1. The van der Waals surface area contributed by atoms with Crippen LogP contribution in [0.2, 0.25) is 0 Å². The molecule has 0 aliphatic heterocycles. The standard InChI is InChI=1S/C22H44O/c1-3-5-6-7-8-9-10-11-12-13-14-15-16-17-18-19-20-21-22(23)4-2/h3-21H2,1-2H3. The zero-order valence-corrected chi connectivity index (χ0v) is 16.3. The zero-order valence-electron chi connectivity index (χ0n) is 16.3. The van der Waals surface area contributed by atoms with E-state index in [1.165, 1.54) is 103 Å². The maximum Gasteiger partial charge on any atom is 0.132 e. The minimum absolute atomic E-state index is 0.436. The minimum atomic E-state index is 0.436. The largest absolute Gasteiger partial charge is 0.300 e. The van der Waals surface area contributed by atoms with Gasteiger partial charge in [0.15, 0.2) is 0 Å². The molecule has 0 spiro atoms. The average molecular weight is 325 g/mol. The van der Waals surface area contributed by atoms with Crippen molar-refractivity contribution in [3.8, 4) is 0 Å². The summed E-state index contributed by atoms with van der Waals surface area (Å²) in [5, 5.41) is 0. The summed E-state index contributed by atoms with van der Waals surface area (Å²) in [4.78, 5) is 11.2. The summed E-state index contributed by atoms with van der Waals surface area (Å²) in [6, 6.07) is 0. The molecule has 0 aromatic heterocycles. The molecule has 0 rings (SSSR count). The smallest absolute Gasteiger partial charge is 0.132 e. The summed E-state index contributed by atoms with van der Waals surface area (Å²) >= 11 is 0. The molecular formula is C22H44O. The lowest BCUT2D eigenvalue weighted by Gasteiger charge is -2.03. The van der Waals surface area contributed by atoms with Gasteiger partial charge in [-0.2, -0.15) is 0 Å². The number of carbonyl (C=O) groups excluding carboxylic acids is 1. The highest BCUT2D eigenvalue weighted by Gasteiger charge is 1.98. The van der Waals surface area contributed by atoms with Crippen LogP contribution in [0.4, 0.5) is 0 Å². The fraction of sp³-hybridized carbons (Fsp3) is 0.955. The summed E-state index contributed by atoms with van der Waals surface area (Å²) in [5.41, 5.74) is 0. The molecule has 0 unspecified atom stereocenters. The maximum atomic E-state index is 11.2. The Morgan fingerprint density at radius 3 is 1.09 bits per heavy atom. The van der Waals surface area contributed by atoms with E-state index in [1.807, 2.05) is 6.92 Å². The van der Waals surface area contributed by atoms with Crippen LogP contribution in [0.5, 0.6) is 0 Å². The Morgan fingerprint density at radius 1 is 0.478 bits per heavy atom. The van der Waals surface area contributed by atoms with Gasteiger partial charge in [0.05, 0.1) is 0 Å². The van der Waals surface area contributed by atoms with Crippen molar-refractivity contribution in [3.63, 3.8) is 0 Å². The van der Waals surface area contributed by atoms with Crippen LogP contribution in [0, 0.1) is 0 Å². The van der Waals surface area contributed by atoms with E-state index in [9.17, 15) is 4.79 Å². The number of carbonyl (C=O) groups is 1. The highest BCUT2D eigenvalue weighted by molar-refractivity contribution is 5.77. The van der Waals surface area contributed by atoms with E-state index in [-0.39, 0.29) is 0 Å². The Labute approximate surface area is 147 Å². The van der Waals surface area contributed by atoms with Crippen LogP contribution in [0.15, 0.2) is 0 Å². The van der Waals surface area contributed by atoms with Gasteiger partial charge < -0.3 is 0 Å². The normalized spacial score (nSPS) is 11.0. The Bertz CT molecular complexity index is 234. The molecule has 0 heterocycles. The molecule has 0 N–H and O–H groups in total. The van der Waals surface area contributed by atoms with E-state index in [4.69, 9.17) is 0 Å². The van der Waals surface area contributed by atoms with E-state index < -0.39 is 0 Å². The summed E-state index contributed by atoms with van der Waals surface area (Å²) in [6.45, 7) is 4.26. The molecular weight excluding hydrogens is 280 g/mol. The number of hydrogen-bond acceptors (Lipinski definition) is 1. The predicted molar refractivity (Wildman–Crippen MR) is 104 cm³/mol. The highest BCUT2D eigenvalue weighted by Crippen LogP contribution is 2.14. The second kappa shape index (κ2) is 19.7. The molecule has 0 aliphatic rings. The van der Waals surface area contributed by atoms with Crippen LogP contribution in [-0.2, 0) is 4.79 Å². The highest BCUT2D eigenvalue weighted by atomic mass is 16.1. The fourth-order valence-electron chi connectivity index (χ4n) is 3.22. The van der Waals surface area contributed by atoms with Gasteiger partial charge in [0.25, 0.3) is 0 Å². The molecule has 0 aromatic carbocycles. The molecule has 23 heavy (non-hydrogen) atoms. The van der Waals surface area contributed by atoms with Gasteiger partial charge in [-0.15, -0.1) is 0 Å². The molecule has 0 amide bonds. The maximum absolute atomic E-state index is 11.2. The second-order valence-electron chi connectivity index (χ2n) is 7.30. The van der Waals surface area contributed by atoms with Crippen LogP contribution in [0.1, 0.15) is 136 Å². The molecule has 0 saturated carbocycles. The van der Waals surface area contributed by atoms with Gasteiger partial charge in [0.1, 0.15) is 5.78 Å². The van der Waals surface area contributed by atoms with Crippen molar-refractivity contribution in [1.29, 1.82) is 0 Å². The number of rotatable bonds is 19. The fourth-order valence-corrected chi connectivity index (χ4v) is 3.22. The van der Waals surface area contributed by atoms with Crippen molar-refractivity contribution in [2.45, 2.75) is 136 Å². The monoisotopic (exact) mass is 324 g/mol. The molecule has 1 heteroatoms. The van der Waals surface area contributed by atoms with E-state index >= 15 is 0 Å². The summed E-state index contributed by atoms with van der Waals surface area (Å²) < 4.78 is 0. The third-order valence-electron chi connectivity index (χ3n) is 4.95.